The van der Waals surface area contributed by atoms with Crippen LogP contribution in [-0.2, 0) is 21.4 Å². The number of hydrogen-bond acceptors (Lipinski definition) is 9. The molecule has 10 bridgehead atoms. The molecule has 0 saturated carbocycles. The molecule has 7 heterocycles. The SMILES string of the molecule is CC(C)COC(=O)NC1Cc2ccc3c(c2)C24c5cccc(c5NC2O3)-c2cccc3[nH]cc(c23)-c2cnc(o2)-c2nc(oc24)[C@H](C(C)C)NC1=O. The third-order valence-corrected chi connectivity index (χ3v) is 10.7. The lowest BCUT2D eigenvalue weighted by Crippen LogP contribution is -2.50. The molecular weight excluding hydrogens is 660 g/mol. The Hall–Kier alpha value is -6.04. The fourth-order valence-corrected chi connectivity index (χ4v) is 8.28. The van der Waals surface area contributed by atoms with Crippen LogP contribution >= 0.6 is 0 Å². The summed E-state index contributed by atoms with van der Waals surface area (Å²) >= 11 is 0. The maximum atomic E-state index is 14.1. The molecular formula is C40H36N6O6. The highest BCUT2D eigenvalue weighted by Crippen LogP contribution is 2.61. The van der Waals surface area contributed by atoms with E-state index in [0.29, 0.717) is 28.9 Å². The molecule has 12 nitrogen and oxygen atoms in total. The smallest absolute Gasteiger partial charge is 0.407 e. The Morgan fingerprint density at radius 3 is 2.71 bits per heavy atom. The van der Waals surface area contributed by atoms with Gasteiger partial charge >= 0.3 is 6.09 Å². The molecule has 0 fully saturated rings. The van der Waals surface area contributed by atoms with E-state index >= 15 is 0 Å². The maximum Gasteiger partial charge on any atom is 0.407 e. The van der Waals surface area contributed by atoms with Gasteiger partial charge in [-0.1, -0.05) is 70.2 Å². The van der Waals surface area contributed by atoms with Gasteiger partial charge in [0, 0.05) is 51.5 Å². The molecule has 4 aliphatic rings. The Kier molecular flexibility index (Phi) is 6.49. The highest BCUT2D eigenvalue weighted by atomic mass is 16.5. The van der Waals surface area contributed by atoms with Crippen molar-refractivity contribution in [3.05, 3.63) is 95.3 Å². The molecule has 12 heteroatoms. The number of fused-ring (bicyclic) bond motifs is 7. The molecule has 10 rings (SSSR count). The first-order valence-corrected chi connectivity index (χ1v) is 17.7. The lowest BCUT2D eigenvalue weighted by Gasteiger charge is -2.28. The number of ether oxygens (including phenoxy) is 2. The van der Waals surface area contributed by atoms with Crippen molar-refractivity contribution in [2.75, 3.05) is 11.9 Å². The number of nitrogens with one attached hydrogen (secondary N) is 4. The molecule has 4 atom stereocenters. The maximum absolute atomic E-state index is 14.1. The van der Waals surface area contributed by atoms with Gasteiger partial charge in [-0.2, -0.15) is 0 Å². The van der Waals surface area contributed by atoms with Gasteiger partial charge < -0.3 is 39.2 Å². The zero-order chi connectivity index (χ0) is 35.5. The van der Waals surface area contributed by atoms with Crippen LogP contribution in [0.4, 0.5) is 10.5 Å². The standard InChI is InChI=1S/C40H36N6O6/c1-18(2)17-49-39(48)43-27-14-20-11-12-28-25(13-20)40-24-9-5-8-22(32(24)46-38(40)51-28)21-7-6-10-26-30(21)23(15-41-26)29-16-42-36(50-29)33-34(40)52-37(45-33)31(19(3)4)44-35(27)47/h5-13,15-16,18-19,27,31,38,41,46H,14,17H2,1-4H3,(H,43,48)(H,44,47)/t27?,31-,38?,40?/m0/s1. The molecule has 4 N–H and O–H groups in total. The number of carbonyl (C=O) groups is 2. The van der Waals surface area contributed by atoms with Crippen LogP contribution in [0.3, 0.4) is 0 Å². The van der Waals surface area contributed by atoms with Gasteiger partial charge in [-0.25, -0.2) is 14.8 Å². The van der Waals surface area contributed by atoms with Crippen LogP contribution in [-0.4, -0.2) is 45.8 Å². The van der Waals surface area contributed by atoms with E-state index in [-0.39, 0.29) is 36.7 Å². The molecule has 1 spiro atoms. The van der Waals surface area contributed by atoms with Crippen LogP contribution in [0, 0.1) is 11.8 Å². The number of nitrogens with zero attached hydrogens (tertiary/aromatic N) is 2. The molecule has 0 aliphatic carbocycles. The van der Waals surface area contributed by atoms with Gasteiger partial charge in [0.2, 0.25) is 17.7 Å². The summed E-state index contributed by atoms with van der Waals surface area (Å²) in [6, 6.07) is 16.8. The number of oxazole rings is 2. The Labute approximate surface area is 298 Å². The zero-order valence-corrected chi connectivity index (χ0v) is 29.0. The molecule has 0 saturated heterocycles. The number of hydrogen-bond donors (Lipinski definition) is 4. The largest absolute Gasteiger partial charge is 0.469 e. The second-order valence-corrected chi connectivity index (χ2v) is 14.8. The Morgan fingerprint density at radius 2 is 1.87 bits per heavy atom. The Balaban J connectivity index is 1.26. The van der Waals surface area contributed by atoms with E-state index in [1.165, 1.54) is 0 Å². The van der Waals surface area contributed by atoms with Crippen LogP contribution in [0.25, 0.3) is 44.9 Å². The Morgan fingerprint density at radius 1 is 1.02 bits per heavy atom. The predicted molar refractivity (Wildman–Crippen MR) is 192 cm³/mol. The fourth-order valence-electron chi connectivity index (χ4n) is 8.28. The first-order chi connectivity index (χ1) is 25.2. The van der Waals surface area contributed by atoms with Crippen molar-refractivity contribution in [1.82, 2.24) is 25.6 Å². The summed E-state index contributed by atoms with van der Waals surface area (Å²) in [4.78, 5) is 40.4. The van der Waals surface area contributed by atoms with Crippen LogP contribution < -0.4 is 20.7 Å². The van der Waals surface area contributed by atoms with E-state index in [4.69, 9.17) is 28.3 Å². The van der Waals surface area contributed by atoms with Crippen molar-refractivity contribution in [2.45, 2.75) is 57.8 Å². The van der Waals surface area contributed by atoms with Crippen molar-refractivity contribution in [1.29, 1.82) is 0 Å². The van der Waals surface area contributed by atoms with Crippen molar-refractivity contribution in [2.24, 2.45) is 11.8 Å². The second kappa shape index (κ2) is 11.0. The summed E-state index contributed by atoms with van der Waals surface area (Å²) < 4.78 is 25.9. The van der Waals surface area contributed by atoms with Crippen LogP contribution in [0.2, 0.25) is 0 Å². The van der Waals surface area contributed by atoms with Gasteiger partial charge in [0.05, 0.1) is 12.8 Å². The number of benzene rings is 3. The molecule has 4 aliphatic heterocycles. The Bertz CT molecular complexity index is 2460. The number of aromatic nitrogens is 3. The second-order valence-electron chi connectivity index (χ2n) is 14.8. The predicted octanol–water partition coefficient (Wildman–Crippen LogP) is 7.06. The minimum absolute atomic E-state index is 0.140. The number of anilines is 1. The average molecular weight is 697 g/mol. The van der Waals surface area contributed by atoms with Crippen molar-refractivity contribution in [3.63, 3.8) is 0 Å². The minimum atomic E-state index is -1.04. The van der Waals surface area contributed by atoms with E-state index in [9.17, 15) is 9.59 Å². The fraction of sp³-hybridized carbons (Fsp3) is 0.300. The minimum Gasteiger partial charge on any atom is -0.469 e. The molecule has 0 radical (unpaired) electrons. The molecule has 3 unspecified atom stereocenters. The quantitative estimate of drug-likeness (QED) is 0.152. The number of rotatable bonds is 4. The van der Waals surface area contributed by atoms with Crippen LogP contribution in [0.5, 0.6) is 5.75 Å². The van der Waals surface area contributed by atoms with E-state index in [1.54, 1.807) is 6.20 Å². The highest BCUT2D eigenvalue weighted by molar-refractivity contribution is 6.07. The van der Waals surface area contributed by atoms with Crippen molar-refractivity contribution < 1.29 is 27.9 Å². The monoisotopic (exact) mass is 696 g/mol. The van der Waals surface area contributed by atoms with Crippen molar-refractivity contribution in [3.8, 4) is 39.8 Å². The average Bonchev–Trinajstić information content (AvgIpc) is 3.95. The molecule has 6 aromatic rings. The lowest BCUT2D eigenvalue weighted by atomic mass is 9.72. The van der Waals surface area contributed by atoms with Crippen molar-refractivity contribution >= 4 is 28.6 Å². The number of carbonyl (C=O) groups excluding carboxylic acids is 2. The topological polar surface area (TPSA) is 157 Å². The highest BCUT2D eigenvalue weighted by Gasteiger charge is 2.61. The van der Waals surface area contributed by atoms with Gasteiger partial charge in [-0.05, 0) is 35.1 Å². The number of para-hydroxylation sites is 1. The summed E-state index contributed by atoms with van der Waals surface area (Å²) in [6.07, 6.45) is 2.59. The van der Waals surface area contributed by atoms with Crippen LogP contribution in [0.15, 0.2) is 75.8 Å². The number of alkyl carbamates (subject to hydrolysis) is 1. The summed E-state index contributed by atoms with van der Waals surface area (Å²) in [5.41, 5.74) is 6.77. The van der Waals surface area contributed by atoms with Gasteiger partial charge in [0.15, 0.2) is 23.4 Å². The summed E-state index contributed by atoms with van der Waals surface area (Å²) in [5, 5.41) is 10.8. The van der Waals surface area contributed by atoms with Gasteiger partial charge in [0.1, 0.15) is 23.2 Å². The van der Waals surface area contributed by atoms with Gasteiger partial charge in [-0.15, -0.1) is 0 Å². The number of H-pyrrole nitrogens is 1. The third-order valence-electron chi connectivity index (χ3n) is 10.7. The zero-order valence-electron chi connectivity index (χ0n) is 29.0. The first-order valence-electron chi connectivity index (χ1n) is 17.7. The lowest BCUT2D eigenvalue weighted by molar-refractivity contribution is -0.124. The summed E-state index contributed by atoms with van der Waals surface area (Å²) in [7, 11) is 0. The summed E-state index contributed by atoms with van der Waals surface area (Å²) in [5.74, 6) is 1.93. The number of amides is 2. The molecule has 52 heavy (non-hydrogen) atoms. The molecule has 3 aromatic carbocycles. The first kappa shape index (κ1) is 30.8. The van der Waals surface area contributed by atoms with E-state index in [1.807, 2.05) is 58.2 Å². The molecule has 3 aromatic heterocycles. The van der Waals surface area contributed by atoms with Gasteiger partial charge in [-0.3, -0.25) is 4.79 Å². The van der Waals surface area contributed by atoms with Crippen LogP contribution in [0.1, 0.15) is 62.1 Å². The summed E-state index contributed by atoms with van der Waals surface area (Å²) in [6.45, 7) is 8.11. The van der Waals surface area contributed by atoms with Gasteiger partial charge in [0.25, 0.3) is 0 Å². The van der Waals surface area contributed by atoms with E-state index in [0.717, 1.165) is 50.0 Å². The number of aromatic amines is 1. The van der Waals surface area contributed by atoms with E-state index in [2.05, 4.69) is 51.3 Å². The van der Waals surface area contributed by atoms with E-state index < -0.39 is 29.8 Å². The molecule has 2 amide bonds. The normalized spacial score (nSPS) is 21.9. The third kappa shape index (κ3) is 4.26. The molecule has 262 valence electrons.